The van der Waals surface area contributed by atoms with Crippen molar-refractivity contribution < 1.29 is 14.3 Å². The molecule has 2 N–H and O–H groups in total. The number of benzene rings is 1. The van der Waals surface area contributed by atoms with Crippen LogP contribution in [-0.4, -0.2) is 17.4 Å². The highest BCUT2D eigenvalue weighted by Crippen LogP contribution is 2.38. The van der Waals surface area contributed by atoms with Gasteiger partial charge in [-0.05, 0) is 26.0 Å². The number of anilines is 2. The van der Waals surface area contributed by atoms with Crippen LogP contribution < -0.4 is 15.4 Å². The maximum Gasteiger partial charge on any atom is 0.268 e. The van der Waals surface area contributed by atoms with Gasteiger partial charge in [0.15, 0.2) is 5.60 Å². The average Bonchev–Trinajstić information content (AvgIpc) is 2.31. The molecule has 0 aliphatic carbocycles. The highest BCUT2D eigenvalue weighted by atomic mass is 16.5. The second-order valence-corrected chi connectivity index (χ2v) is 5.39. The predicted molar refractivity (Wildman–Crippen MR) is 73.2 cm³/mol. The van der Waals surface area contributed by atoms with Crippen molar-refractivity contribution in [1.82, 2.24) is 0 Å². The summed E-state index contributed by atoms with van der Waals surface area (Å²) in [5.41, 5.74) is 0.161. The Morgan fingerprint density at radius 3 is 2.68 bits per heavy atom. The molecular weight excluding hydrogens is 244 g/mol. The third-order valence-electron chi connectivity index (χ3n) is 2.96. The van der Waals surface area contributed by atoms with Crippen LogP contribution in [0.2, 0.25) is 0 Å². The Kier molecular flexibility index (Phi) is 3.22. The standard InChI is InChI=1S/C14H18N2O3/c1-8(2)12(17)15-9-6-5-7-10-11(9)16-13(18)14(3,4)19-10/h5-8H,1-4H3,(H,15,17)(H,16,18). The molecule has 1 aromatic rings. The summed E-state index contributed by atoms with van der Waals surface area (Å²) in [5.74, 6) is 0.0948. The quantitative estimate of drug-likeness (QED) is 0.860. The summed E-state index contributed by atoms with van der Waals surface area (Å²) < 4.78 is 5.65. The van der Waals surface area contributed by atoms with Crippen molar-refractivity contribution >= 4 is 23.2 Å². The van der Waals surface area contributed by atoms with Gasteiger partial charge in [0.25, 0.3) is 5.91 Å². The fourth-order valence-electron chi connectivity index (χ4n) is 1.71. The number of rotatable bonds is 2. The molecule has 0 fully saturated rings. The third-order valence-corrected chi connectivity index (χ3v) is 2.96. The Morgan fingerprint density at radius 1 is 1.37 bits per heavy atom. The van der Waals surface area contributed by atoms with Crippen LogP contribution in [0.15, 0.2) is 18.2 Å². The van der Waals surface area contributed by atoms with Gasteiger partial charge in [-0.25, -0.2) is 0 Å². The van der Waals surface area contributed by atoms with E-state index in [0.29, 0.717) is 17.1 Å². The summed E-state index contributed by atoms with van der Waals surface area (Å²) >= 11 is 0. The lowest BCUT2D eigenvalue weighted by molar-refractivity contribution is -0.129. The molecule has 1 heterocycles. The molecule has 0 spiro atoms. The number of nitrogens with one attached hydrogen (secondary N) is 2. The Labute approximate surface area is 112 Å². The monoisotopic (exact) mass is 262 g/mol. The van der Waals surface area contributed by atoms with E-state index in [9.17, 15) is 9.59 Å². The van der Waals surface area contributed by atoms with Gasteiger partial charge < -0.3 is 15.4 Å². The van der Waals surface area contributed by atoms with Gasteiger partial charge in [-0.2, -0.15) is 0 Å². The number of ether oxygens (including phenoxy) is 1. The van der Waals surface area contributed by atoms with Gasteiger partial charge in [-0.1, -0.05) is 19.9 Å². The van der Waals surface area contributed by atoms with Gasteiger partial charge in [0, 0.05) is 5.92 Å². The second kappa shape index (κ2) is 4.57. The van der Waals surface area contributed by atoms with E-state index in [1.807, 2.05) is 13.8 Å². The second-order valence-electron chi connectivity index (χ2n) is 5.39. The molecule has 1 aliphatic rings. The van der Waals surface area contributed by atoms with Crippen LogP contribution in [0.1, 0.15) is 27.7 Å². The van der Waals surface area contributed by atoms with Crippen LogP contribution in [-0.2, 0) is 9.59 Å². The van der Waals surface area contributed by atoms with Crippen molar-refractivity contribution in [3.05, 3.63) is 18.2 Å². The Morgan fingerprint density at radius 2 is 2.05 bits per heavy atom. The van der Waals surface area contributed by atoms with E-state index in [1.165, 1.54) is 0 Å². The molecule has 0 radical (unpaired) electrons. The summed E-state index contributed by atoms with van der Waals surface area (Å²) in [6, 6.07) is 5.28. The Hall–Kier alpha value is -2.04. The molecule has 1 aromatic carbocycles. The maximum absolute atomic E-state index is 11.9. The van der Waals surface area contributed by atoms with Gasteiger partial charge in [0.05, 0.1) is 5.69 Å². The smallest absolute Gasteiger partial charge is 0.268 e. The number of fused-ring (bicyclic) bond motifs is 1. The molecule has 0 saturated carbocycles. The molecule has 0 unspecified atom stereocenters. The molecule has 1 aliphatic heterocycles. The highest BCUT2D eigenvalue weighted by Gasteiger charge is 2.36. The predicted octanol–water partition coefficient (Wildman–Crippen LogP) is 2.39. The van der Waals surface area contributed by atoms with Gasteiger partial charge in [0.1, 0.15) is 11.4 Å². The van der Waals surface area contributed by atoms with Crippen LogP contribution in [0.5, 0.6) is 5.75 Å². The zero-order chi connectivity index (χ0) is 14.2. The molecule has 2 amide bonds. The summed E-state index contributed by atoms with van der Waals surface area (Å²) in [4.78, 5) is 23.6. The highest BCUT2D eigenvalue weighted by molar-refractivity contribution is 6.06. The van der Waals surface area contributed by atoms with Gasteiger partial charge >= 0.3 is 0 Å². The molecule has 0 bridgehead atoms. The van der Waals surface area contributed by atoms with Gasteiger partial charge in [-0.3, -0.25) is 9.59 Å². The first-order valence-corrected chi connectivity index (χ1v) is 6.25. The molecule has 102 valence electrons. The number of carbonyl (C=O) groups is 2. The van der Waals surface area contributed by atoms with E-state index in [4.69, 9.17) is 4.74 Å². The lowest BCUT2D eigenvalue weighted by Gasteiger charge is -2.32. The van der Waals surface area contributed by atoms with E-state index in [-0.39, 0.29) is 17.7 Å². The number of para-hydroxylation sites is 1. The van der Waals surface area contributed by atoms with Crippen LogP contribution in [0.4, 0.5) is 11.4 Å². The number of carbonyl (C=O) groups excluding carboxylic acids is 2. The SMILES string of the molecule is CC(C)C(=O)Nc1cccc2c1NC(=O)C(C)(C)O2. The van der Waals surface area contributed by atoms with E-state index in [2.05, 4.69) is 10.6 Å². The van der Waals surface area contributed by atoms with Crippen LogP contribution in [0.25, 0.3) is 0 Å². The molecule has 2 rings (SSSR count). The van der Waals surface area contributed by atoms with Crippen molar-refractivity contribution in [2.24, 2.45) is 5.92 Å². The number of hydrogen-bond acceptors (Lipinski definition) is 3. The van der Waals surface area contributed by atoms with Crippen molar-refractivity contribution in [2.75, 3.05) is 10.6 Å². The van der Waals surface area contributed by atoms with E-state index in [0.717, 1.165) is 0 Å². The Bertz CT molecular complexity index is 535. The van der Waals surface area contributed by atoms with Crippen LogP contribution >= 0.6 is 0 Å². The van der Waals surface area contributed by atoms with E-state index < -0.39 is 5.60 Å². The normalized spacial score (nSPS) is 16.4. The Balaban J connectivity index is 2.35. The zero-order valence-corrected chi connectivity index (χ0v) is 11.5. The lowest BCUT2D eigenvalue weighted by Crippen LogP contribution is -2.45. The lowest BCUT2D eigenvalue weighted by atomic mass is 10.1. The van der Waals surface area contributed by atoms with Crippen LogP contribution in [0, 0.1) is 5.92 Å². The van der Waals surface area contributed by atoms with Crippen molar-refractivity contribution in [3.8, 4) is 5.75 Å². The molecule has 0 saturated heterocycles. The maximum atomic E-state index is 11.9. The minimum absolute atomic E-state index is 0.104. The van der Waals surface area contributed by atoms with E-state index >= 15 is 0 Å². The van der Waals surface area contributed by atoms with Crippen LogP contribution in [0.3, 0.4) is 0 Å². The molecular formula is C14H18N2O3. The van der Waals surface area contributed by atoms with Crippen molar-refractivity contribution in [3.63, 3.8) is 0 Å². The van der Waals surface area contributed by atoms with Crippen molar-refractivity contribution in [2.45, 2.75) is 33.3 Å². The zero-order valence-electron chi connectivity index (χ0n) is 11.5. The number of hydrogen-bond donors (Lipinski definition) is 2. The minimum Gasteiger partial charge on any atom is -0.476 e. The molecule has 0 atom stereocenters. The fourth-order valence-corrected chi connectivity index (χ4v) is 1.71. The molecule has 5 heteroatoms. The summed E-state index contributed by atoms with van der Waals surface area (Å²) in [6.07, 6.45) is 0. The first-order chi connectivity index (χ1) is 8.81. The summed E-state index contributed by atoms with van der Waals surface area (Å²) in [6.45, 7) is 7.01. The van der Waals surface area contributed by atoms with Crippen molar-refractivity contribution in [1.29, 1.82) is 0 Å². The topological polar surface area (TPSA) is 67.4 Å². The van der Waals surface area contributed by atoms with E-state index in [1.54, 1.807) is 32.0 Å². The summed E-state index contributed by atoms with van der Waals surface area (Å²) in [7, 11) is 0. The third kappa shape index (κ3) is 2.54. The minimum atomic E-state index is -0.909. The summed E-state index contributed by atoms with van der Waals surface area (Å²) in [5, 5.41) is 5.57. The first-order valence-electron chi connectivity index (χ1n) is 6.25. The number of amides is 2. The largest absolute Gasteiger partial charge is 0.476 e. The van der Waals surface area contributed by atoms with Gasteiger partial charge in [-0.15, -0.1) is 0 Å². The average molecular weight is 262 g/mol. The molecule has 5 nitrogen and oxygen atoms in total. The van der Waals surface area contributed by atoms with Gasteiger partial charge in [0.2, 0.25) is 5.91 Å². The molecule has 0 aromatic heterocycles. The molecule has 19 heavy (non-hydrogen) atoms. The fraction of sp³-hybridized carbons (Fsp3) is 0.429. The first kappa shape index (κ1) is 13.4.